The topological polar surface area (TPSA) is 119 Å². The molecule has 10 heteroatoms. The third kappa shape index (κ3) is 5.44. The molecule has 188 valence electrons. The molecule has 0 saturated heterocycles. The molecule has 0 atom stereocenters. The molecule has 9 nitrogen and oxygen atoms in total. The SMILES string of the molecule is COc1ccc(-c2sc(C)nc2C(=O)O)cn1.c1[nH]c2cc3c(cc2c1CCNCC1CC1)OCO3. The van der Waals surface area contributed by atoms with Crippen molar-refractivity contribution in [1.29, 1.82) is 0 Å². The van der Waals surface area contributed by atoms with Gasteiger partial charge in [0, 0.05) is 41.0 Å². The van der Waals surface area contributed by atoms with Gasteiger partial charge < -0.3 is 29.6 Å². The number of aromatic nitrogens is 3. The summed E-state index contributed by atoms with van der Waals surface area (Å²) in [5.41, 5.74) is 3.27. The van der Waals surface area contributed by atoms with Crippen LogP contribution in [0, 0.1) is 12.8 Å². The molecular formula is C26H28N4O5S. The monoisotopic (exact) mass is 508 g/mol. The van der Waals surface area contributed by atoms with Crippen molar-refractivity contribution in [3.05, 3.63) is 52.9 Å². The maximum absolute atomic E-state index is 11.0. The third-order valence-corrected chi connectivity index (χ3v) is 7.13. The van der Waals surface area contributed by atoms with E-state index in [4.69, 9.17) is 19.3 Å². The van der Waals surface area contributed by atoms with E-state index in [1.165, 1.54) is 48.8 Å². The lowest BCUT2D eigenvalue weighted by atomic mass is 10.1. The predicted molar refractivity (Wildman–Crippen MR) is 137 cm³/mol. The lowest BCUT2D eigenvalue weighted by molar-refractivity contribution is 0.0692. The second kappa shape index (κ2) is 10.5. The summed E-state index contributed by atoms with van der Waals surface area (Å²) in [5, 5.41) is 14.5. The molecule has 0 spiro atoms. The number of fused-ring (bicyclic) bond motifs is 2. The summed E-state index contributed by atoms with van der Waals surface area (Å²) in [7, 11) is 1.53. The first kappa shape index (κ1) is 24.1. The van der Waals surface area contributed by atoms with E-state index >= 15 is 0 Å². The van der Waals surface area contributed by atoms with Gasteiger partial charge in [0.25, 0.3) is 0 Å². The van der Waals surface area contributed by atoms with Gasteiger partial charge in [0.1, 0.15) is 0 Å². The Balaban J connectivity index is 0.000000149. The number of hydrogen-bond acceptors (Lipinski definition) is 8. The molecule has 2 aliphatic rings. The molecule has 1 saturated carbocycles. The Bertz CT molecular complexity index is 1360. The number of carboxylic acids is 1. The largest absolute Gasteiger partial charge is 0.481 e. The number of pyridine rings is 1. The lowest BCUT2D eigenvalue weighted by Gasteiger charge is -2.03. The van der Waals surface area contributed by atoms with Crippen LogP contribution in [0.2, 0.25) is 0 Å². The van der Waals surface area contributed by atoms with Crippen molar-refractivity contribution in [2.75, 3.05) is 27.0 Å². The van der Waals surface area contributed by atoms with Gasteiger partial charge in [-0.2, -0.15) is 0 Å². The number of hydrogen-bond donors (Lipinski definition) is 3. The summed E-state index contributed by atoms with van der Waals surface area (Å²) < 4.78 is 15.8. The molecule has 0 unspecified atom stereocenters. The van der Waals surface area contributed by atoms with Gasteiger partial charge in [-0.05, 0) is 62.9 Å². The molecule has 0 radical (unpaired) electrons. The Hall–Kier alpha value is -3.63. The molecule has 6 rings (SSSR count). The van der Waals surface area contributed by atoms with E-state index in [1.54, 1.807) is 25.3 Å². The minimum absolute atomic E-state index is 0.0690. The number of nitrogens with zero attached hydrogens (tertiary/aromatic N) is 2. The number of ether oxygens (including phenoxy) is 3. The molecule has 4 aromatic rings. The molecule has 1 aliphatic heterocycles. The normalized spacial score (nSPS) is 13.9. The number of H-pyrrole nitrogens is 1. The van der Waals surface area contributed by atoms with Gasteiger partial charge in [-0.15, -0.1) is 11.3 Å². The predicted octanol–water partition coefficient (Wildman–Crippen LogP) is 4.66. The van der Waals surface area contributed by atoms with E-state index in [9.17, 15) is 4.79 Å². The van der Waals surface area contributed by atoms with Crippen LogP contribution in [0.3, 0.4) is 0 Å². The number of methoxy groups -OCH3 is 1. The zero-order valence-electron chi connectivity index (χ0n) is 20.2. The number of benzene rings is 1. The first-order valence-electron chi connectivity index (χ1n) is 11.8. The van der Waals surface area contributed by atoms with Gasteiger partial charge in [-0.3, -0.25) is 0 Å². The van der Waals surface area contributed by atoms with E-state index in [1.807, 2.05) is 6.07 Å². The van der Waals surface area contributed by atoms with Crippen molar-refractivity contribution in [3.63, 3.8) is 0 Å². The Morgan fingerprint density at radius 3 is 2.78 bits per heavy atom. The summed E-state index contributed by atoms with van der Waals surface area (Å²) in [6.07, 6.45) is 7.54. The van der Waals surface area contributed by atoms with Gasteiger partial charge >= 0.3 is 5.97 Å². The number of thiazole rings is 1. The highest BCUT2D eigenvalue weighted by Gasteiger charge is 2.20. The van der Waals surface area contributed by atoms with Crippen LogP contribution in [0.4, 0.5) is 0 Å². The van der Waals surface area contributed by atoms with E-state index in [-0.39, 0.29) is 5.69 Å². The van der Waals surface area contributed by atoms with Crippen LogP contribution in [0.15, 0.2) is 36.7 Å². The third-order valence-electron chi connectivity index (χ3n) is 6.11. The molecule has 1 aliphatic carbocycles. The highest BCUT2D eigenvalue weighted by molar-refractivity contribution is 7.15. The van der Waals surface area contributed by atoms with Gasteiger partial charge in [0.05, 0.1) is 17.0 Å². The molecule has 0 bridgehead atoms. The fourth-order valence-electron chi connectivity index (χ4n) is 4.03. The van der Waals surface area contributed by atoms with E-state index in [2.05, 4.69) is 32.5 Å². The summed E-state index contributed by atoms with van der Waals surface area (Å²) in [5.74, 6) is 2.11. The Kier molecular flexibility index (Phi) is 7.06. The van der Waals surface area contributed by atoms with E-state index in [0.29, 0.717) is 22.6 Å². The smallest absolute Gasteiger partial charge is 0.356 e. The second-order valence-corrected chi connectivity index (χ2v) is 9.97. The number of aromatic carboxylic acids is 1. The summed E-state index contributed by atoms with van der Waals surface area (Å²) in [6.45, 7) is 4.32. The minimum Gasteiger partial charge on any atom is -0.481 e. The molecular weight excluding hydrogens is 480 g/mol. The van der Waals surface area contributed by atoms with Crippen molar-refractivity contribution in [3.8, 4) is 27.8 Å². The minimum atomic E-state index is -1.03. The highest BCUT2D eigenvalue weighted by Crippen LogP contribution is 2.37. The van der Waals surface area contributed by atoms with Crippen LogP contribution < -0.4 is 19.5 Å². The Labute approximate surface area is 212 Å². The molecule has 3 N–H and O–H groups in total. The zero-order chi connectivity index (χ0) is 25.1. The quantitative estimate of drug-likeness (QED) is 0.294. The molecule has 36 heavy (non-hydrogen) atoms. The van der Waals surface area contributed by atoms with Crippen molar-refractivity contribution in [2.24, 2.45) is 5.92 Å². The number of nitrogens with one attached hydrogen (secondary N) is 2. The molecule has 1 fully saturated rings. The fraction of sp³-hybridized carbons (Fsp3) is 0.346. The van der Waals surface area contributed by atoms with Gasteiger partial charge in [0.2, 0.25) is 12.7 Å². The van der Waals surface area contributed by atoms with Crippen LogP contribution in [0.25, 0.3) is 21.3 Å². The van der Waals surface area contributed by atoms with Crippen molar-refractivity contribution in [1.82, 2.24) is 20.3 Å². The molecule has 0 amide bonds. The number of carboxylic acid groups (broad SMARTS) is 1. The molecule has 3 aromatic heterocycles. The molecule has 4 heterocycles. The van der Waals surface area contributed by atoms with Crippen LogP contribution in [-0.4, -0.2) is 53.0 Å². The Morgan fingerprint density at radius 2 is 2.08 bits per heavy atom. The van der Waals surface area contributed by atoms with Crippen molar-refractivity contribution >= 4 is 28.2 Å². The average Bonchev–Trinajstić information content (AvgIpc) is 3.25. The lowest BCUT2D eigenvalue weighted by Crippen LogP contribution is -2.19. The van der Waals surface area contributed by atoms with Crippen LogP contribution in [0.1, 0.15) is 33.9 Å². The van der Waals surface area contributed by atoms with Crippen molar-refractivity contribution in [2.45, 2.75) is 26.2 Å². The average molecular weight is 509 g/mol. The van der Waals surface area contributed by atoms with Gasteiger partial charge in [-0.1, -0.05) is 0 Å². The van der Waals surface area contributed by atoms with Crippen molar-refractivity contribution < 1.29 is 24.1 Å². The number of aryl methyl sites for hydroxylation is 1. The van der Waals surface area contributed by atoms with Gasteiger partial charge in [-0.25, -0.2) is 14.8 Å². The van der Waals surface area contributed by atoms with E-state index < -0.39 is 5.97 Å². The number of carbonyl (C=O) groups is 1. The summed E-state index contributed by atoms with van der Waals surface area (Å²) in [6, 6.07) is 7.57. The number of rotatable bonds is 8. The fourth-order valence-corrected chi connectivity index (χ4v) is 4.93. The summed E-state index contributed by atoms with van der Waals surface area (Å²) in [4.78, 5) is 23.0. The zero-order valence-corrected chi connectivity index (χ0v) is 21.0. The second-order valence-electron chi connectivity index (χ2n) is 8.77. The Morgan fingerprint density at radius 1 is 1.28 bits per heavy atom. The number of aromatic amines is 1. The van der Waals surface area contributed by atoms with Crippen LogP contribution >= 0.6 is 11.3 Å². The highest BCUT2D eigenvalue weighted by atomic mass is 32.1. The van der Waals surface area contributed by atoms with Crippen LogP contribution in [0.5, 0.6) is 17.4 Å². The first-order valence-corrected chi connectivity index (χ1v) is 12.6. The van der Waals surface area contributed by atoms with E-state index in [0.717, 1.165) is 41.5 Å². The standard InChI is InChI=1S/C15H18N2O2.C11H10N2O3S/c1-2-10(1)7-16-4-3-11-8-17-13-6-15-14(5-12(11)13)18-9-19-15;1-6-13-9(11(14)15)10(17-6)7-3-4-8(16-2)12-5-7/h5-6,8,10,16-17H,1-4,7,9H2;3-5H,1-2H3,(H,14,15). The summed E-state index contributed by atoms with van der Waals surface area (Å²) >= 11 is 1.34. The molecule has 1 aromatic carbocycles. The first-order chi connectivity index (χ1) is 17.5. The maximum atomic E-state index is 11.0. The maximum Gasteiger partial charge on any atom is 0.356 e. The van der Waals surface area contributed by atoms with Gasteiger partial charge in [0.15, 0.2) is 17.2 Å². The van der Waals surface area contributed by atoms with Crippen LogP contribution in [-0.2, 0) is 6.42 Å².